The van der Waals surface area contributed by atoms with Gasteiger partial charge in [-0.25, -0.2) is 0 Å². The first kappa shape index (κ1) is 26.8. The average Bonchev–Trinajstić information content (AvgIpc) is 3.20. The molecule has 8 heteroatoms. The van der Waals surface area contributed by atoms with Crippen molar-refractivity contribution < 1.29 is 19.4 Å². The molecule has 2 fully saturated rings. The lowest BCUT2D eigenvalue weighted by molar-refractivity contribution is -0.132. The van der Waals surface area contributed by atoms with Crippen LogP contribution in [0, 0.1) is 6.92 Å². The molecule has 0 spiro atoms. The topological polar surface area (TPSA) is 73.3 Å². The van der Waals surface area contributed by atoms with Crippen LogP contribution in [0.25, 0.3) is 5.76 Å². The van der Waals surface area contributed by atoms with Crippen molar-refractivity contribution in [1.29, 1.82) is 0 Å². The number of benzene rings is 3. The van der Waals surface area contributed by atoms with E-state index >= 15 is 0 Å². The number of ether oxygens (including phenoxy) is 1. The number of ketones is 1. The van der Waals surface area contributed by atoms with Crippen LogP contribution < -0.4 is 14.5 Å². The maximum Gasteiger partial charge on any atom is 0.300 e. The Bertz CT molecular complexity index is 1430. The molecule has 2 heterocycles. The van der Waals surface area contributed by atoms with Crippen LogP contribution in [0.2, 0.25) is 5.02 Å². The molecule has 1 N–H and O–H groups in total. The molecule has 3 aromatic rings. The van der Waals surface area contributed by atoms with Crippen LogP contribution in [0.3, 0.4) is 0 Å². The van der Waals surface area contributed by atoms with E-state index in [0.717, 1.165) is 43.0 Å². The highest BCUT2D eigenvalue weighted by atomic mass is 35.5. The van der Waals surface area contributed by atoms with Gasteiger partial charge in [-0.2, -0.15) is 0 Å². The van der Waals surface area contributed by atoms with E-state index in [-0.39, 0.29) is 11.3 Å². The predicted molar refractivity (Wildman–Crippen MR) is 155 cm³/mol. The van der Waals surface area contributed by atoms with Crippen molar-refractivity contribution in [2.75, 3.05) is 49.6 Å². The second-order valence-corrected chi connectivity index (χ2v) is 10.4. The van der Waals surface area contributed by atoms with Gasteiger partial charge in [0.1, 0.15) is 11.5 Å². The van der Waals surface area contributed by atoms with Gasteiger partial charge in [0.05, 0.1) is 23.2 Å². The molecule has 1 unspecified atom stereocenters. The largest absolute Gasteiger partial charge is 0.507 e. The molecule has 2 saturated heterocycles. The zero-order chi connectivity index (χ0) is 27.7. The summed E-state index contributed by atoms with van der Waals surface area (Å²) in [5.74, 6) is -1.30. The van der Waals surface area contributed by atoms with Crippen molar-refractivity contribution in [3.8, 4) is 5.75 Å². The number of aryl methyl sites for hydroxylation is 1. The molecule has 2 aliphatic heterocycles. The van der Waals surface area contributed by atoms with Gasteiger partial charge in [0, 0.05) is 43.1 Å². The quantitative estimate of drug-likeness (QED) is 0.253. The van der Waals surface area contributed by atoms with E-state index in [1.54, 1.807) is 18.2 Å². The van der Waals surface area contributed by atoms with Crippen molar-refractivity contribution in [2.24, 2.45) is 0 Å². The second kappa shape index (κ2) is 11.1. The Kier molecular flexibility index (Phi) is 7.64. The molecule has 2 aliphatic rings. The number of amides is 1. The molecule has 0 aliphatic carbocycles. The number of aliphatic hydroxyl groups excluding tert-OH is 1. The number of piperazine rings is 1. The molecule has 5 rings (SSSR count). The molecule has 1 amide bonds. The first-order chi connectivity index (χ1) is 18.8. The van der Waals surface area contributed by atoms with E-state index in [2.05, 4.69) is 16.8 Å². The van der Waals surface area contributed by atoms with E-state index in [4.69, 9.17) is 16.3 Å². The van der Waals surface area contributed by atoms with Gasteiger partial charge in [-0.1, -0.05) is 41.4 Å². The number of hydrogen-bond donors (Lipinski definition) is 1. The number of rotatable bonds is 6. The van der Waals surface area contributed by atoms with Crippen LogP contribution in [0.1, 0.15) is 29.7 Å². The Hall–Kier alpha value is -3.81. The fraction of sp³-hybridized carbons (Fsp3) is 0.290. The van der Waals surface area contributed by atoms with Gasteiger partial charge in [-0.3, -0.25) is 14.5 Å². The van der Waals surface area contributed by atoms with E-state index in [0.29, 0.717) is 28.6 Å². The Morgan fingerprint density at radius 1 is 0.974 bits per heavy atom. The molecule has 0 aromatic heterocycles. The van der Waals surface area contributed by atoms with E-state index in [1.165, 1.54) is 4.90 Å². The first-order valence-corrected chi connectivity index (χ1v) is 13.5. The Morgan fingerprint density at radius 3 is 2.33 bits per heavy atom. The van der Waals surface area contributed by atoms with Gasteiger partial charge in [0.2, 0.25) is 0 Å². The standard InChI is InChI=1S/C31H32ClN3O4/c1-4-39-26-19-22(8-13-25(26)32)29(36)27-28(21-7-5-6-20(2)18-21)35(31(38)30(27)37)24-11-9-23(10-12-24)34-16-14-33(3)15-17-34/h5-13,18-19,28,36H,4,14-17H2,1-3H3/b29-27-. The Labute approximate surface area is 233 Å². The van der Waals surface area contributed by atoms with Crippen molar-refractivity contribution in [2.45, 2.75) is 19.9 Å². The summed E-state index contributed by atoms with van der Waals surface area (Å²) >= 11 is 6.25. The number of halogens is 1. The number of likely N-dealkylation sites (N-methyl/N-ethyl adjacent to an activating group) is 1. The average molecular weight is 546 g/mol. The number of anilines is 2. The van der Waals surface area contributed by atoms with Crippen LogP contribution in [0.15, 0.2) is 72.3 Å². The maximum absolute atomic E-state index is 13.5. The number of carbonyl (C=O) groups is 2. The number of Topliss-reactive ketones (excluding diaryl/α,β-unsaturated/α-hetero) is 1. The molecule has 0 radical (unpaired) electrons. The van der Waals surface area contributed by atoms with Crippen LogP contribution >= 0.6 is 11.6 Å². The molecule has 39 heavy (non-hydrogen) atoms. The van der Waals surface area contributed by atoms with E-state index in [1.807, 2.05) is 62.4 Å². The number of nitrogens with zero attached hydrogens (tertiary/aromatic N) is 3. The normalized spacial score (nSPS) is 19.5. The SMILES string of the molecule is CCOc1cc(/C(O)=C2/C(=O)C(=O)N(c3ccc(N4CCN(C)CC4)cc3)C2c2cccc(C)c2)ccc1Cl. The number of hydrogen-bond acceptors (Lipinski definition) is 6. The molecule has 1 atom stereocenters. The summed E-state index contributed by atoms with van der Waals surface area (Å²) in [6, 6.07) is 19.4. The molecule has 202 valence electrons. The zero-order valence-corrected chi connectivity index (χ0v) is 23.1. The summed E-state index contributed by atoms with van der Waals surface area (Å²) < 4.78 is 5.59. The van der Waals surface area contributed by atoms with Crippen molar-refractivity contribution in [3.63, 3.8) is 0 Å². The maximum atomic E-state index is 13.5. The monoisotopic (exact) mass is 545 g/mol. The lowest BCUT2D eigenvalue weighted by Crippen LogP contribution is -2.44. The van der Waals surface area contributed by atoms with Crippen LogP contribution in [0.5, 0.6) is 5.75 Å². The minimum atomic E-state index is -0.800. The predicted octanol–water partition coefficient (Wildman–Crippen LogP) is 5.43. The third kappa shape index (κ3) is 5.24. The summed E-state index contributed by atoms with van der Waals surface area (Å²) in [5.41, 5.74) is 3.75. The van der Waals surface area contributed by atoms with Gasteiger partial charge in [0.15, 0.2) is 0 Å². The Morgan fingerprint density at radius 2 is 1.67 bits per heavy atom. The Balaban J connectivity index is 1.59. The summed E-state index contributed by atoms with van der Waals surface area (Å²) in [6.07, 6.45) is 0. The van der Waals surface area contributed by atoms with Crippen LogP contribution in [-0.4, -0.2) is 61.5 Å². The van der Waals surface area contributed by atoms with Crippen LogP contribution in [0.4, 0.5) is 11.4 Å². The fourth-order valence-corrected chi connectivity index (χ4v) is 5.39. The zero-order valence-electron chi connectivity index (χ0n) is 22.4. The van der Waals surface area contributed by atoms with Crippen molar-refractivity contribution in [1.82, 2.24) is 4.90 Å². The van der Waals surface area contributed by atoms with Crippen molar-refractivity contribution >= 4 is 40.4 Å². The number of aliphatic hydroxyl groups is 1. The summed E-state index contributed by atoms with van der Waals surface area (Å²) in [7, 11) is 2.12. The van der Waals surface area contributed by atoms with Crippen LogP contribution in [-0.2, 0) is 9.59 Å². The van der Waals surface area contributed by atoms with E-state index in [9.17, 15) is 14.7 Å². The van der Waals surface area contributed by atoms with E-state index < -0.39 is 17.7 Å². The third-order valence-electron chi connectivity index (χ3n) is 7.30. The molecule has 0 bridgehead atoms. The lowest BCUT2D eigenvalue weighted by Gasteiger charge is -2.34. The molecule has 0 saturated carbocycles. The minimum Gasteiger partial charge on any atom is -0.507 e. The lowest BCUT2D eigenvalue weighted by atomic mass is 9.94. The van der Waals surface area contributed by atoms with Gasteiger partial charge in [-0.15, -0.1) is 0 Å². The molecule has 3 aromatic carbocycles. The van der Waals surface area contributed by atoms with Gasteiger partial charge >= 0.3 is 0 Å². The molecular formula is C31H32ClN3O4. The second-order valence-electron chi connectivity index (χ2n) is 9.97. The summed E-state index contributed by atoms with van der Waals surface area (Å²) in [6.45, 7) is 8.00. The molecule has 7 nitrogen and oxygen atoms in total. The summed E-state index contributed by atoms with van der Waals surface area (Å²) in [4.78, 5) is 33.1. The highest BCUT2D eigenvalue weighted by Gasteiger charge is 2.47. The van der Waals surface area contributed by atoms with Gasteiger partial charge in [-0.05, 0) is 68.9 Å². The molecular weight excluding hydrogens is 514 g/mol. The van der Waals surface area contributed by atoms with Gasteiger partial charge < -0.3 is 19.6 Å². The highest BCUT2D eigenvalue weighted by molar-refractivity contribution is 6.51. The first-order valence-electron chi connectivity index (χ1n) is 13.1. The minimum absolute atomic E-state index is 0.0264. The van der Waals surface area contributed by atoms with Gasteiger partial charge in [0.25, 0.3) is 11.7 Å². The highest BCUT2D eigenvalue weighted by Crippen LogP contribution is 2.43. The smallest absolute Gasteiger partial charge is 0.300 e. The number of carbonyl (C=O) groups excluding carboxylic acids is 2. The summed E-state index contributed by atoms with van der Waals surface area (Å²) in [5, 5.41) is 11.9. The van der Waals surface area contributed by atoms with Crippen molar-refractivity contribution in [3.05, 3.63) is 94.0 Å². The fourth-order valence-electron chi connectivity index (χ4n) is 5.22. The third-order valence-corrected chi connectivity index (χ3v) is 7.62.